The number of hydrogen-bond acceptors (Lipinski definition) is 3. The summed E-state index contributed by atoms with van der Waals surface area (Å²) in [6, 6.07) is 5.20. The number of benzene rings is 1. The van der Waals surface area contributed by atoms with Gasteiger partial charge in [-0.1, -0.05) is 31.0 Å². The monoisotopic (exact) mass is 300 g/mol. The van der Waals surface area contributed by atoms with Crippen LogP contribution in [0.25, 0.3) is 11.4 Å². The normalized spacial score (nSPS) is 10.7. The van der Waals surface area contributed by atoms with Crippen molar-refractivity contribution >= 4 is 11.8 Å². The summed E-state index contributed by atoms with van der Waals surface area (Å²) in [5, 5.41) is 9.37. The predicted molar refractivity (Wildman–Crippen MR) is 84.2 cm³/mol. The van der Waals surface area contributed by atoms with Crippen LogP contribution in [-0.2, 0) is 7.05 Å². The Labute approximate surface area is 129 Å². The zero-order valence-corrected chi connectivity index (χ0v) is 13.1. The minimum absolute atomic E-state index is 0.00677. The van der Waals surface area contributed by atoms with Crippen LogP contribution in [0.4, 0.5) is 0 Å². The molecule has 0 fully saturated rings. The largest absolute Gasteiger partial charge is 0.478 e. The van der Waals surface area contributed by atoms with E-state index in [-0.39, 0.29) is 11.3 Å². The van der Waals surface area contributed by atoms with Gasteiger partial charge in [0.2, 0.25) is 0 Å². The Morgan fingerprint density at radius 3 is 2.68 bits per heavy atom. The van der Waals surface area contributed by atoms with E-state index >= 15 is 0 Å². The van der Waals surface area contributed by atoms with Crippen LogP contribution in [0.5, 0.6) is 0 Å². The van der Waals surface area contributed by atoms with Crippen LogP contribution in [0.15, 0.2) is 24.4 Å². The van der Waals surface area contributed by atoms with Gasteiger partial charge in [-0.2, -0.15) is 0 Å². The molecule has 2 aromatic rings. The van der Waals surface area contributed by atoms with E-state index in [1.54, 1.807) is 29.9 Å². The predicted octanol–water partition coefficient (Wildman–Crippen LogP) is 3.47. The van der Waals surface area contributed by atoms with Gasteiger partial charge in [-0.3, -0.25) is 4.79 Å². The fourth-order valence-electron chi connectivity index (χ4n) is 2.35. The number of rotatable bonds is 6. The summed E-state index contributed by atoms with van der Waals surface area (Å²) >= 11 is 0. The van der Waals surface area contributed by atoms with Crippen LogP contribution in [-0.4, -0.2) is 26.4 Å². The van der Waals surface area contributed by atoms with E-state index in [1.165, 1.54) is 0 Å². The van der Waals surface area contributed by atoms with Gasteiger partial charge in [-0.15, -0.1) is 0 Å². The lowest BCUT2D eigenvalue weighted by Gasteiger charge is -2.07. The summed E-state index contributed by atoms with van der Waals surface area (Å²) in [6.45, 7) is 3.87. The van der Waals surface area contributed by atoms with Gasteiger partial charge in [0.1, 0.15) is 11.5 Å². The number of imidazole rings is 1. The quantitative estimate of drug-likeness (QED) is 0.829. The fraction of sp³-hybridized carbons (Fsp3) is 0.353. The fourth-order valence-corrected chi connectivity index (χ4v) is 2.35. The van der Waals surface area contributed by atoms with Crippen molar-refractivity contribution in [2.75, 3.05) is 0 Å². The summed E-state index contributed by atoms with van der Waals surface area (Å²) in [5.74, 6) is -0.509. The summed E-state index contributed by atoms with van der Waals surface area (Å²) < 4.78 is 1.70. The molecule has 1 N–H and O–H groups in total. The van der Waals surface area contributed by atoms with E-state index < -0.39 is 5.97 Å². The lowest BCUT2D eigenvalue weighted by molar-refractivity contribution is 0.0697. The Morgan fingerprint density at radius 2 is 2.05 bits per heavy atom. The number of aromatic nitrogens is 2. The average Bonchev–Trinajstić information content (AvgIpc) is 2.86. The van der Waals surface area contributed by atoms with Gasteiger partial charge in [-0.25, -0.2) is 9.78 Å². The number of carboxylic acids is 1. The first-order chi connectivity index (χ1) is 10.4. The Bertz CT molecular complexity index is 717. The van der Waals surface area contributed by atoms with Gasteiger partial charge in [-0.05, 0) is 19.4 Å². The van der Waals surface area contributed by atoms with Crippen LogP contribution in [0.2, 0.25) is 0 Å². The molecule has 0 radical (unpaired) electrons. The van der Waals surface area contributed by atoms with E-state index in [0.29, 0.717) is 23.5 Å². The molecule has 0 spiro atoms. The van der Waals surface area contributed by atoms with Crippen LogP contribution in [0.3, 0.4) is 0 Å². The molecule has 0 saturated heterocycles. The van der Waals surface area contributed by atoms with Gasteiger partial charge in [0.05, 0.1) is 5.56 Å². The summed E-state index contributed by atoms with van der Waals surface area (Å²) in [5.41, 5.74) is 1.98. The third-order valence-electron chi connectivity index (χ3n) is 3.57. The summed E-state index contributed by atoms with van der Waals surface area (Å²) in [7, 11) is 1.77. The van der Waals surface area contributed by atoms with E-state index in [4.69, 9.17) is 0 Å². The van der Waals surface area contributed by atoms with E-state index in [0.717, 1.165) is 18.4 Å². The number of carboxylic acid groups (broad SMARTS) is 1. The van der Waals surface area contributed by atoms with Gasteiger partial charge >= 0.3 is 5.97 Å². The number of ketones is 1. The van der Waals surface area contributed by atoms with E-state index in [9.17, 15) is 14.7 Å². The molecule has 0 aliphatic rings. The molecule has 1 aromatic heterocycles. The number of unbranched alkanes of at least 4 members (excludes halogenated alkanes) is 1. The highest BCUT2D eigenvalue weighted by Gasteiger charge is 2.18. The van der Waals surface area contributed by atoms with Gasteiger partial charge in [0, 0.05) is 25.2 Å². The van der Waals surface area contributed by atoms with Crippen LogP contribution in [0.1, 0.15) is 52.6 Å². The molecular weight excluding hydrogens is 280 g/mol. The second-order valence-corrected chi connectivity index (χ2v) is 5.44. The van der Waals surface area contributed by atoms with Crippen molar-refractivity contribution in [3.8, 4) is 11.4 Å². The highest BCUT2D eigenvalue weighted by molar-refractivity contribution is 5.97. The van der Waals surface area contributed by atoms with Crippen molar-refractivity contribution in [3.63, 3.8) is 0 Å². The van der Waals surface area contributed by atoms with Gasteiger partial charge in [0.15, 0.2) is 5.78 Å². The number of carbonyl (C=O) groups excluding carboxylic acids is 1. The average molecular weight is 300 g/mol. The maximum absolute atomic E-state index is 12.1. The topological polar surface area (TPSA) is 72.2 Å². The van der Waals surface area contributed by atoms with Crippen molar-refractivity contribution in [2.45, 2.75) is 33.1 Å². The molecule has 5 nitrogen and oxygen atoms in total. The minimum Gasteiger partial charge on any atom is -0.478 e. The molecule has 5 heteroatoms. The van der Waals surface area contributed by atoms with Gasteiger partial charge in [0.25, 0.3) is 0 Å². The molecule has 0 atom stereocenters. The maximum atomic E-state index is 12.1. The minimum atomic E-state index is -0.999. The number of aromatic carboxylic acids is 1. The Kier molecular flexibility index (Phi) is 4.75. The molecule has 116 valence electrons. The molecule has 0 aliphatic heterocycles. The SMILES string of the molecule is CCCCC(=O)c1cn(C)c(-c2ccc(C)cc2C(=O)O)n1. The van der Waals surface area contributed by atoms with E-state index in [1.807, 2.05) is 19.9 Å². The maximum Gasteiger partial charge on any atom is 0.336 e. The second kappa shape index (κ2) is 6.56. The lowest BCUT2D eigenvalue weighted by Crippen LogP contribution is -2.03. The van der Waals surface area contributed by atoms with Crippen LogP contribution in [0, 0.1) is 6.92 Å². The molecule has 0 aliphatic carbocycles. The second-order valence-electron chi connectivity index (χ2n) is 5.44. The number of Topliss-reactive ketones (excluding diaryl/α,β-unsaturated/α-hetero) is 1. The third-order valence-corrected chi connectivity index (χ3v) is 3.57. The Balaban J connectivity index is 2.44. The lowest BCUT2D eigenvalue weighted by atomic mass is 10.0. The Morgan fingerprint density at radius 1 is 1.32 bits per heavy atom. The molecule has 1 heterocycles. The third kappa shape index (κ3) is 3.24. The van der Waals surface area contributed by atoms with Gasteiger partial charge < -0.3 is 9.67 Å². The smallest absolute Gasteiger partial charge is 0.336 e. The molecule has 0 saturated carbocycles. The highest BCUT2D eigenvalue weighted by atomic mass is 16.4. The first kappa shape index (κ1) is 15.9. The number of carbonyl (C=O) groups is 2. The number of aryl methyl sites for hydroxylation is 2. The van der Waals surface area contributed by atoms with Crippen LogP contribution < -0.4 is 0 Å². The zero-order chi connectivity index (χ0) is 16.3. The standard InChI is InChI=1S/C17H20N2O3/c1-4-5-6-15(20)14-10-19(3)16(18-14)12-8-7-11(2)9-13(12)17(21)22/h7-10H,4-6H2,1-3H3,(H,21,22). The molecule has 0 bridgehead atoms. The van der Waals surface area contributed by atoms with Crippen molar-refractivity contribution in [1.82, 2.24) is 9.55 Å². The highest BCUT2D eigenvalue weighted by Crippen LogP contribution is 2.24. The number of hydrogen-bond donors (Lipinski definition) is 1. The van der Waals surface area contributed by atoms with Crippen molar-refractivity contribution in [3.05, 3.63) is 41.2 Å². The molecule has 22 heavy (non-hydrogen) atoms. The summed E-state index contributed by atoms with van der Waals surface area (Å²) in [6.07, 6.45) is 3.91. The molecule has 0 amide bonds. The molecule has 1 aromatic carbocycles. The zero-order valence-electron chi connectivity index (χ0n) is 13.1. The first-order valence-corrected chi connectivity index (χ1v) is 7.35. The van der Waals surface area contributed by atoms with Crippen molar-refractivity contribution in [2.24, 2.45) is 7.05 Å². The van der Waals surface area contributed by atoms with Crippen LogP contribution >= 0.6 is 0 Å². The molecule has 2 rings (SSSR count). The van der Waals surface area contributed by atoms with E-state index in [2.05, 4.69) is 4.98 Å². The summed E-state index contributed by atoms with van der Waals surface area (Å²) in [4.78, 5) is 27.9. The number of nitrogens with zero attached hydrogens (tertiary/aromatic N) is 2. The molecule has 0 unspecified atom stereocenters. The van der Waals surface area contributed by atoms with Crippen molar-refractivity contribution in [1.29, 1.82) is 0 Å². The first-order valence-electron chi connectivity index (χ1n) is 7.35. The molecular formula is C17H20N2O3. The van der Waals surface area contributed by atoms with Crippen molar-refractivity contribution < 1.29 is 14.7 Å². The Hall–Kier alpha value is -2.43.